The summed E-state index contributed by atoms with van der Waals surface area (Å²) in [7, 11) is 0. The van der Waals surface area contributed by atoms with Gasteiger partial charge in [-0.05, 0) is 38.1 Å². The van der Waals surface area contributed by atoms with E-state index >= 15 is 0 Å². The van der Waals surface area contributed by atoms with Crippen LogP contribution in [0.5, 0.6) is 0 Å². The van der Waals surface area contributed by atoms with E-state index < -0.39 is 0 Å². The molecule has 25 heavy (non-hydrogen) atoms. The second kappa shape index (κ2) is 7.14. The van der Waals surface area contributed by atoms with E-state index in [1.807, 2.05) is 56.3 Å². The van der Waals surface area contributed by atoms with Crippen LogP contribution in [0.25, 0.3) is 0 Å². The van der Waals surface area contributed by atoms with Crippen molar-refractivity contribution < 1.29 is 9.59 Å². The molecule has 1 amide bonds. The molecule has 0 heterocycles. The van der Waals surface area contributed by atoms with Gasteiger partial charge in [0.25, 0.3) is 5.91 Å². The first-order valence-electron chi connectivity index (χ1n) is 8.13. The van der Waals surface area contributed by atoms with Crippen LogP contribution in [-0.4, -0.2) is 11.7 Å². The van der Waals surface area contributed by atoms with Crippen molar-refractivity contribution in [3.8, 4) is 0 Å². The summed E-state index contributed by atoms with van der Waals surface area (Å²) in [4.78, 5) is 25.4. The van der Waals surface area contributed by atoms with E-state index in [-0.39, 0.29) is 11.7 Å². The summed E-state index contributed by atoms with van der Waals surface area (Å²) in [5, 5.41) is 2.87. The molecule has 0 radical (unpaired) electrons. The van der Waals surface area contributed by atoms with E-state index in [0.29, 0.717) is 22.4 Å². The maximum absolute atomic E-state index is 12.8. The molecule has 3 aromatic carbocycles. The predicted molar refractivity (Wildman–Crippen MR) is 100 cm³/mol. The van der Waals surface area contributed by atoms with Crippen LogP contribution < -0.4 is 5.32 Å². The molecule has 124 valence electrons. The predicted octanol–water partition coefficient (Wildman–Crippen LogP) is 4.79. The fourth-order valence-electron chi connectivity index (χ4n) is 2.68. The molecule has 0 atom stereocenters. The Hall–Kier alpha value is -3.20. The van der Waals surface area contributed by atoms with Crippen molar-refractivity contribution in [3.05, 3.63) is 101 Å². The van der Waals surface area contributed by atoms with Crippen LogP contribution in [0.15, 0.2) is 72.8 Å². The lowest BCUT2D eigenvalue weighted by atomic mass is 9.99. The van der Waals surface area contributed by atoms with Crippen molar-refractivity contribution in [2.45, 2.75) is 13.8 Å². The molecule has 0 aliphatic rings. The highest BCUT2D eigenvalue weighted by molar-refractivity contribution is 6.15. The van der Waals surface area contributed by atoms with Crippen LogP contribution in [-0.2, 0) is 0 Å². The third-order valence-electron chi connectivity index (χ3n) is 3.98. The number of nitrogens with one attached hydrogen (secondary N) is 1. The molecular weight excluding hydrogens is 310 g/mol. The van der Waals surface area contributed by atoms with Gasteiger partial charge in [-0.3, -0.25) is 9.59 Å². The zero-order valence-corrected chi connectivity index (χ0v) is 14.2. The summed E-state index contributed by atoms with van der Waals surface area (Å²) in [6.45, 7) is 3.86. The van der Waals surface area contributed by atoms with E-state index in [4.69, 9.17) is 0 Å². The van der Waals surface area contributed by atoms with E-state index in [1.54, 1.807) is 30.3 Å². The highest BCUT2D eigenvalue weighted by Crippen LogP contribution is 2.22. The first-order chi connectivity index (χ1) is 12.0. The zero-order valence-electron chi connectivity index (χ0n) is 14.2. The molecule has 1 N–H and O–H groups in total. The Balaban J connectivity index is 1.94. The average Bonchev–Trinajstić information content (AvgIpc) is 2.63. The Morgan fingerprint density at radius 1 is 0.720 bits per heavy atom. The molecule has 3 aromatic rings. The first kappa shape index (κ1) is 16.7. The van der Waals surface area contributed by atoms with E-state index in [1.165, 1.54) is 0 Å². The van der Waals surface area contributed by atoms with Gasteiger partial charge in [-0.15, -0.1) is 0 Å². The minimum atomic E-state index is -0.227. The van der Waals surface area contributed by atoms with Crippen LogP contribution in [0, 0.1) is 13.8 Å². The quantitative estimate of drug-likeness (QED) is 0.700. The summed E-state index contributed by atoms with van der Waals surface area (Å²) >= 11 is 0. The van der Waals surface area contributed by atoms with Crippen LogP contribution in [0.4, 0.5) is 5.69 Å². The number of hydrogen-bond donors (Lipinski definition) is 1. The molecule has 0 spiro atoms. The molecule has 0 aliphatic heterocycles. The van der Waals surface area contributed by atoms with Crippen molar-refractivity contribution in [3.63, 3.8) is 0 Å². The molecule has 0 saturated heterocycles. The van der Waals surface area contributed by atoms with Gasteiger partial charge in [0.15, 0.2) is 5.78 Å². The number of carbonyl (C=O) groups excluding carboxylic acids is 2. The van der Waals surface area contributed by atoms with Gasteiger partial charge in [-0.1, -0.05) is 59.7 Å². The molecule has 0 aliphatic carbocycles. The van der Waals surface area contributed by atoms with Crippen molar-refractivity contribution in [1.29, 1.82) is 0 Å². The average molecular weight is 329 g/mol. The minimum absolute atomic E-state index is 0.108. The molecule has 3 heteroatoms. The van der Waals surface area contributed by atoms with Gasteiger partial charge in [0, 0.05) is 16.7 Å². The first-order valence-corrected chi connectivity index (χ1v) is 8.13. The molecule has 0 unspecified atom stereocenters. The Kier molecular flexibility index (Phi) is 4.75. The number of hydrogen-bond acceptors (Lipinski definition) is 2. The Morgan fingerprint density at radius 3 is 2.12 bits per heavy atom. The Morgan fingerprint density at radius 2 is 1.40 bits per heavy atom. The van der Waals surface area contributed by atoms with Gasteiger partial charge in [0.1, 0.15) is 0 Å². The summed E-state index contributed by atoms with van der Waals surface area (Å²) in [6, 6.07) is 21.9. The van der Waals surface area contributed by atoms with Gasteiger partial charge in [0.2, 0.25) is 0 Å². The van der Waals surface area contributed by atoms with Gasteiger partial charge >= 0.3 is 0 Å². The highest BCUT2D eigenvalue weighted by Gasteiger charge is 2.16. The lowest BCUT2D eigenvalue weighted by molar-refractivity contribution is 0.102. The summed E-state index contributed by atoms with van der Waals surface area (Å²) in [5.41, 5.74) is 4.15. The topological polar surface area (TPSA) is 46.2 Å². The number of anilines is 1. The van der Waals surface area contributed by atoms with Crippen molar-refractivity contribution in [1.82, 2.24) is 0 Å². The SMILES string of the molecule is Cc1cccc(C(=O)Nc2ccc(C)cc2C(=O)c2ccccc2)c1. The Labute approximate surface area is 147 Å². The summed E-state index contributed by atoms with van der Waals surface area (Å²) in [5.74, 6) is -0.335. The number of carbonyl (C=O) groups is 2. The van der Waals surface area contributed by atoms with E-state index in [0.717, 1.165) is 11.1 Å². The fraction of sp³-hybridized carbons (Fsp3) is 0.0909. The van der Waals surface area contributed by atoms with Gasteiger partial charge in [-0.2, -0.15) is 0 Å². The van der Waals surface area contributed by atoms with Crippen LogP contribution in [0.3, 0.4) is 0 Å². The number of ketones is 1. The maximum atomic E-state index is 12.8. The molecule has 3 nitrogen and oxygen atoms in total. The number of rotatable bonds is 4. The normalized spacial score (nSPS) is 10.3. The number of aryl methyl sites for hydroxylation is 2. The van der Waals surface area contributed by atoms with Crippen LogP contribution in [0.1, 0.15) is 37.4 Å². The lowest BCUT2D eigenvalue weighted by Gasteiger charge is -2.12. The minimum Gasteiger partial charge on any atom is -0.321 e. The third-order valence-corrected chi connectivity index (χ3v) is 3.98. The van der Waals surface area contributed by atoms with Gasteiger partial charge < -0.3 is 5.32 Å². The molecule has 0 bridgehead atoms. The van der Waals surface area contributed by atoms with E-state index in [2.05, 4.69) is 5.32 Å². The van der Waals surface area contributed by atoms with E-state index in [9.17, 15) is 9.59 Å². The Bertz CT molecular complexity index is 930. The third kappa shape index (κ3) is 3.83. The number of benzene rings is 3. The van der Waals surface area contributed by atoms with Crippen molar-refractivity contribution in [2.24, 2.45) is 0 Å². The monoisotopic (exact) mass is 329 g/mol. The van der Waals surface area contributed by atoms with Crippen LogP contribution >= 0.6 is 0 Å². The molecule has 0 saturated carbocycles. The fourth-order valence-corrected chi connectivity index (χ4v) is 2.68. The summed E-state index contributed by atoms with van der Waals surface area (Å²) in [6.07, 6.45) is 0. The largest absolute Gasteiger partial charge is 0.321 e. The summed E-state index contributed by atoms with van der Waals surface area (Å²) < 4.78 is 0. The zero-order chi connectivity index (χ0) is 17.8. The van der Waals surface area contributed by atoms with Crippen molar-refractivity contribution in [2.75, 3.05) is 5.32 Å². The molecule has 0 fully saturated rings. The van der Waals surface area contributed by atoms with Gasteiger partial charge in [-0.25, -0.2) is 0 Å². The highest BCUT2D eigenvalue weighted by atomic mass is 16.1. The second-order valence-corrected chi connectivity index (χ2v) is 6.07. The molecular formula is C22H19NO2. The second-order valence-electron chi connectivity index (χ2n) is 6.07. The standard InChI is InChI=1S/C22H19NO2/c1-15-7-6-10-18(13-15)22(25)23-20-12-11-16(2)14-19(20)21(24)17-8-4-3-5-9-17/h3-14H,1-2H3,(H,23,25). The van der Waals surface area contributed by atoms with Crippen LogP contribution in [0.2, 0.25) is 0 Å². The molecule has 0 aromatic heterocycles. The number of amides is 1. The van der Waals surface area contributed by atoms with Gasteiger partial charge in [0.05, 0.1) is 5.69 Å². The smallest absolute Gasteiger partial charge is 0.255 e. The van der Waals surface area contributed by atoms with Crippen molar-refractivity contribution >= 4 is 17.4 Å². The maximum Gasteiger partial charge on any atom is 0.255 e. The lowest BCUT2D eigenvalue weighted by Crippen LogP contribution is -2.15. The molecule has 3 rings (SSSR count).